The number of anilines is 1. The number of rotatable bonds is 4. The Morgan fingerprint density at radius 3 is 2.35 bits per heavy atom. The quantitative estimate of drug-likeness (QED) is 0.879. The van der Waals surface area contributed by atoms with Crippen molar-refractivity contribution in [1.29, 1.82) is 0 Å². The van der Waals surface area contributed by atoms with Crippen LogP contribution >= 0.6 is 15.9 Å². The summed E-state index contributed by atoms with van der Waals surface area (Å²) in [5.41, 5.74) is 2.12. The fourth-order valence-electron chi connectivity index (χ4n) is 1.84. The van der Waals surface area contributed by atoms with Gasteiger partial charge in [0.2, 0.25) is 5.09 Å². The van der Waals surface area contributed by atoms with Crippen LogP contribution in [0.5, 0.6) is 0 Å². The zero-order valence-corrected chi connectivity index (χ0v) is 13.4. The highest BCUT2D eigenvalue weighted by Crippen LogP contribution is 2.27. The lowest BCUT2D eigenvalue weighted by molar-refractivity contribution is 0.236. The number of halogens is 1. The first-order chi connectivity index (χ1) is 9.33. The van der Waals surface area contributed by atoms with Gasteiger partial charge in [0.25, 0.3) is 10.0 Å². The summed E-state index contributed by atoms with van der Waals surface area (Å²) in [5.74, 6) is 0.203. The van der Waals surface area contributed by atoms with E-state index in [1.54, 1.807) is 0 Å². The van der Waals surface area contributed by atoms with E-state index in [-0.39, 0.29) is 17.5 Å². The Kier molecular flexibility index (Phi) is 4.22. The molecule has 2 rings (SSSR count). The molecule has 2 N–H and O–H groups in total. The molecule has 0 aliphatic heterocycles. The maximum Gasteiger partial charge on any atom is 0.295 e. The van der Waals surface area contributed by atoms with Gasteiger partial charge < -0.3 is 9.52 Å². The minimum Gasteiger partial charge on any atom is -0.445 e. The highest BCUT2D eigenvalue weighted by atomic mass is 79.9. The summed E-state index contributed by atoms with van der Waals surface area (Å²) in [6.07, 6.45) is 0. The molecule has 0 amide bonds. The molecule has 7 heteroatoms. The van der Waals surface area contributed by atoms with Crippen molar-refractivity contribution in [1.82, 2.24) is 0 Å². The standard InChI is InChI=1S/C13H14BrNO4S/c1-8-5-10(14)6-9(2)13(8)15-20(17,18)12-4-3-11(7-16)19-12/h3-6,15-16H,7H2,1-2H3. The fourth-order valence-corrected chi connectivity index (χ4v) is 3.69. The zero-order valence-electron chi connectivity index (χ0n) is 11.0. The summed E-state index contributed by atoms with van der Waals surface area (Å²) >= 11 is 3.36. The molecule has 20 heavy (non-hydrogen) atoms. The van der Waals surface area contributed by atoms with Crippen molar-refractivity contribution in [3.63, 3.8) is 0 Å². The number of aliphatic hydroxyl groups excluding tert-OH is 1. The first-order valence-electron chi connectivity index (χ1n) is 5.82. The molecule has 2 aromatic rings. The van der Waals surface area contributed by atoms with E-state index in [4.69, 9.17) is 9.52 Å². The van der Waals surface area contributed by atoms with Gasteiger partial charge in [-0.2, -0.15) is 8.42 Å². The van der Waals surface area contributed by atoms with Crippen molar-refractivity contribution in [2.75, 3.05) is 4.72 Å². The highest BCUT2D eigenvalue weighted by Gasteiger charge is 2.20. The summed E-state index contributed by atoms with van der Waals surface area (Å²) in [6, 6.07) is 6.39. The van der Waals surface area contributed by atoms with Gasteiger partial charge in [-0.1, -0.05) is 15.9 Å². The monoisotopic (exact) mass is 359 g/mol. The van der Waals surface area contributed by atoms with Gasteiger partial charge in [-0.05, 0) is 49.2 Å². The molecular weight excluding hydrogens is 346 g/mol. The van der Waals surface area contributed by atoms with Crippen LogP contribution in [0.15, 0.2) is 38.2 Å². The van der Waals surface area contributed by atoms with E-state index < -0.39 is 10.0 Å². The molecule has 0 aliphatic carbocycles. The van der Waals surface area contributed by atoms with Crippen LogP contribution in [0.4, 0.5) is 5.69 Å². The molecule has 1 aromatic heterocycles. The second kappa shape index (κ2) is 5.59. The topological polar surface area (TPSA) is 79.5 Å². The van der Waals surface area contributed by atoms with Crippen LogP contribution in [0.25, 0.3) is 0 Å². The molecular formula is C13H14BrNO4S. The van der Waals surface area contributed by atoms with Gasteiger partial charge in [-0.25, -0.2) is 0 Å². The van der Waals surface area contributed by atoms with Gasteiger partial charge >= 0.3 is 0 Å². The predicted octanol–water partition coefficient (Wildman–Crippen LogP) is 2.95. The van der Waals surface area contributed by atoms with E-state index in [1.807, 2.05) is 26.0 Å². The summed E-state index contributed by atoms with van der Waals surface area (Å²) in [4.78, 5) is 0. The summed E-state index contributed by atoms with van der Waals surface area (Å²) < 4.78 is 32.9. The lowest BCUT2D eigenvalue weighted by Gasteiger charge is -2.12. The average molecular weight is 360 g/mol. The van der Waals surface area contributed by atoms with Crippen LogP contribution in [-0.2, 0) is 16.6 Å². The third-order valence-electron chi connectivity index (χ3n) is 2.79. The second-order valence-electron chi connectivity index (χ2n) is 4.40. The molecule has 0 atom stereocenters. The van der Waals surface area contributed by atoms with E-state index in [0.29, 0.717) is 5.69 Å². The van der Waals surface area contributed by atoms with Crippen LogP contribution in [0.1, 0.15) is 16.9 Å². The molecule has 1 aromatic carbocycles. The van der Waals surface area contributed by atoms with Crippen LogP contribution in [0.3, 0.4) is 0 Å². The number of aliphatic hydroxyl groups is 1. The average Bonchev–Trinajstić information content (AvgIpc) is 2.83. The van der Waals surface area contributed by atoms with E-state index in [2.05, 4.69) is 20.7 Å². The van der Waals surface area contributed by atoms with Gasteiger partial charge in [0.15, 0.2) is 0 Å². The molecule has 0 radical (unpaired) electrons. The Bertz CT molecular complexity index is 714. The maximum absolute atomic E-state index is 12.2. The second-order valence-corrected chi connectivity index (χ2v) is 6.93. The molecule has 0 saturated carbocycles. The molecule has 0 fully saturated rings. The lowest BCUT2D eigenvalue weighted by atomic mass is 10.1. The van der Waals surface area contributed by atoms with Crippen molar-refractivity contribution < 1.29 is 17.9 Å². The minimum atomic E-state index is -3.80. The maximum atomic E-state index is 12.2. The first-order valence-corrected chi connectivity index (χ1v) is 8.10. The van der Waals surface area contributed by atoms with E-state index in [9.17, 15) is 8.42 Å². The number of sulfonamides is 1. The number of hydrogen-bond acceptors (Lipinski definition) is 4. The van der Waals surface area contributed by atoms with Gasteiger partial charge in [0, 0.05) is 4.47 Å². The Hall–Kier alpha value is -1.31. The normalized spacial score (nSPS) is 11.6. The third kappa shape index (κ3) is 3.05. The van der Waals surface area contributed by atoms with Gasteiger partial charge in [-0.3, -0.25) is 4.72 Å². The molecule has 0 aliphatic rings. The summed E-state index contributed by atoms with van der Waals surface area (Å²) in [5, 5.41) is 8.69. The number of benzene rings is 1. The Morgan fingerprint density at radius 2 is 1.85 bits per heavy atom. The van der Waals surface area contributed by atoms with Crippen LogP contribution < -0.4 is 4.72 Å². The summed E-state index contributed by atoms with van der Waals surface area (Å²) in [7, 11) is -3.80. The molecule has 0 unspecified atom stereocenters. The van der Waals surface area contributed by atoms with Crippen LogP contribution in [0, 0.1) is 13.8 Å². The molecule has 0 spiro atoms. The largest absolute Gasteiger partial charge is 0.445 e. The minimum absolute atomic E-state index is 0.203. The van der Waals surface area contributed by atoms with Gasteiger partial charge in [-0.15, -0.1) is 0 Å². The zero-order chi connectivity index (χ0) is 14.9. The third-order valence-corrected chi connectivity index (χ3v) is 4.47. The molecule has 108 valence electrons. The number of nitrogens with one attached hydrogen (secondary N) is 1. The van der Waals surface area contributed by atoms with Crippen molar-refractivity contribution >= 4 is 31.6 Å². The number of hydrogen-bond donors (Lipinski definition) is 2. The molecule has 0 saturated heterocycles. The molecule has 5 nitrogen and oxygen atoms in total. The Morgan fingerprint density at radius 1 is 1.25 bits per heavy atom. The molecule has 0 bridgehead atoms. The number of furan rings is 1. The molecule has 1 heterocycles. The smallest absolute Gasteiger partial charge is 0.295 e. The van der Waals surface area contributed by atoms with Crippen LogP contribution in [-0.4, -0.2) is 13.5 Å². The fraction of sp³-hybridized carbons (Fsp3) is 0.231. The Labute approximate surface area is 125 Å². The van der Waals surface area contributed by atoms with Crippen molar-refractivity contribution in [2.45, 2.75) is 25.5 Å². The lowest BCUT2D eigenvalue weighted by Crippen LogP contribution is -2.14. The SMILES string of the molecule is Cc1cc(Br)cc(C)c1NS(=O)(=O)c1ccc(CO)o1. The van der Waals surface area contributed by atoms with Crippen molar-refractivity contribution in [3.8, 4) is 0 Å². The van der Waals surface area contributed by atoms with Crippen molar-refractivity contribution in [3.05, 3.63) is 45.6 Å². The first kappa shape index (κ1) is 15.1. The van der Waals surface area contributed by atoms with Gasteiger partial charge in [0.05, 0.1) is 5.69 Å². The Balaban J connectivity index is 2.38. The van der Waals surface area contributed by atoms with E-state index in [1.165, 1.54) is 12.1 Å². The highest BCUT2D eigenvalue weighted by molar-refractivity contribution is 9.10. The number of aryl methyl sites for hydroxylation is 2. The van der Waals surface area contributed by atoms with E-state index >= 15 is 0 Å². The van der Waals surface area contributed by atoms with Gasteiger partial charge in [0.1, 0.15) is 12.4 Å². The van der Waals surface area contributed by atoms with Crippen LogP contribution in [0.2, 0.25) is 0 Å². The predicted molar refractivity (Wildman–Crippen MR) is 79.1 cm³/mol. The van der Waals surface area contributed by atoms with Crippen molar-refractivity contribution in [2.24, 2.45) is 0 Å². The summed E-state index contributed by atoms with van der Waals surface area (Å²) in [6.45, 7) is 3.29. The van der Waals surface area contributed by atoms with E-state index in [0.717, 1.165) is 15.6 Å².